The summed E-state index contributed by atoms with van der Waals surface area (Å²) in [5.74, 6) is -0.399. The zero-order valence-corrected chi connectivity index (χ0v) is 10.4. The van der Waals surface area contributed by atoms with Crippen LogP contribution in [0.15, 0.2) is 27.6 Å². The van der Waals surface area contributed by atoms with E-state index in [1.165, 1.54) is 6.08 Å². The van der Waals surface area contributed by atoms with Gasteiger partial charge in [0.15, 0.2) is 0 Å². The third-order valence-electron chi connectivity index (χ3n) is 1.71. The van der Waals surface area contributed by atoms with Crippen molar-refractivity contribution in [3.8, 4) is 5.75 Å². The lowest BCUT2D eigenvalue weighted by Gasteiger charge is -2.03. The van der Waals surface area contributed by atoms with Crippen LogP contribution in [0.2, 0.25) is 0 Å². The molecule has 0 aromatic heterocycles. The highest BCUT2D eigenvalue weighted by Gasteiger charge is 2.04. The molecule has 0 aliphatic carbocycles. The van der Waals surface area contributed by atoms with E-state index in [4.69, 9.17) is 9.84 Å². The molecule has 0 spiro atoms. The van der Waals surface area contributed by atoms with E-state index in [1.807, 2.05) is 0 Å². The first kappa shape index (κ1) is 12.1. The van der Waals surface area contributed by atoms with Gasteiger partial charge in [-0.05, 0) is 29.8 Å². The largest absolute Gasteiger partial charge is 0.497 e. The number of carboxylic acid groups (broad SMARTS) is 1. The van der Waals surface area contributed by atoms with Gasteiger partial charge in [0.2, 0.25) is 0 Å². The minimum atomic E-state index is -1.06. The van der Waals surface area contributed by atoms with E-state index in [9.17, 15) is 4.79 Å². The molecule has 0 bridgehead atoms. The van der Waals surface area contributed by atoms with Crippen molar-refractivity contribution in [1.29, 1.82) is 0 Å². The lowest BCUT2D eigenvalue weighted by atomic mass is 10.2. The molecule has 0 aliphatic heterocycles. The third-order valence-corrected chi connectivity index (χ3v) is 2.76. The van der Waals surface area contributed by atoms with Crippen LogP contribution in [-0.2, 0) is 4.79 Å². The van der Waals surface area contributed by atoms with Crippen LogP contribution >= 0.6 is 28.6 Å². The average molecular weight is 289 g/mol. The van der Waals surface area contributed by atoms with Gasteiger partial charge in [-0.2, -0.15) is 0 Å². The average Bonchev–Trinajstić information content (AvgIpc) is 2.21. The van der Waals surface area contributed by atoms with Crippen molar-refractivity contribution in [2.45, 2.75) is 0 Å². The molecule has 1 rings (SSSR count). The van der Waals surface area contributed by atoms with Gasteiger partial charge in [0.25, 0.3) is 0 Å². The van der Waals surface area contributed by atoms with Crippen molar-refractivity contribution in [3.63, 3.8) is 0 Å². The van der Waals surface area contributed by atoms with Gasteiger partial charge in [0.05, 0.1) is 12.0 Å². The normalized spacial score (nSPS) is 11.3. The summed E-state index contributed by atoms with van der Waals surface area (Å²) in [6.07, 6.45) is 1.46. The molecule has 0 unspecified atom stereocenters. The van der Waals surface area contributed by atoms with E-state index in [0.717, 1.165) is 4.47 Å². The number of hydrogen-bond donors (Lipinski definition) is 2. The molecule has 0 saturated heterocycles. The van der Waals surface area contributed by atoms with Gasteiger partial charge in [-0.15, -0.1) is 12.6 Å². The maximum atomic E-state index is 10.6. The molecule has 0 atom stereocenters. The Hall–Kier alpha value is -0.940. The second-order valence-electron chi connectivity index (χ2n) is 2.72. The highest BCUT2D eigenvalue weighted by molar-refractivity contribution is 9.10. The molecule has 1 aromatic carbocycles. The number of thiol groups is 1. The first-order chi connectivity index (χ1) is 7.04. The Balaban J connectivity index is 3.13. The predicted molar refractivity (Wildman–Crippen MR) is 65.3 cm³/mol. The molecule has 0 heterocycles. The number of carbonyl (C=O) groups is 1. The summed E-state index contributed by atoms with van der Waals surface area (Å²) in [5.41, 5.74) is 0.710. The van der Waals surface area contributed by atoms with Crippen molar-refractivity contribution in [3.05, 3.63) is 33.1 Å². The maximum absolute atomic E-state index is 10.6. The van der Waals surface area contributed by atoms with Crippen LogP contribution in [0.3, 0.4) is 0 Å². The molecule has 0 radical (unpaired) electrons. The smallest absolute Gasteiger partial charge is 0.341 e. The number of aliphatic carboxylic acids is 1. The monoisotopic (exact) mass is 288 g/mol. The molecular formula is C10H9BrO3S. The Morgan fingerprint density at radius 2 is 2.27 bits per heavy atom. The summed E-state index contributed by atoms with van der Waals surface area (Å²) in [5, 5.41) is 8.67. The Labute approximate surface area is 101 Å². The molecule has 0 amide bonds. The standard InChI is InChI=1S/C10H9BrO3S/c1-14-7-2-3-8(11)6(4-7)5-9(15)10(12)13/h2-5,15H,1H3,(H,12,13). The molecule has 80 valence electrons. The van der Waals surface area contributed by atoms with E-state index in [2.05, 4.69) is 28.6 Å². The van der Waals surface area contributed by atoms with Crippen LogP contribution in [0.4, 0.5) is 0 Å². The number of methoxy groups -OCH3 is 1. The third kappa shape index (κ3) is 3.28. The summed E-state index contributed by atoms with van der Waals surface area (Å²) in [6, 6.07) is 5.29. The first-order valence-corrected chi connectivity index (χ1v) is 5.26. The van der Waals surface area contributed by atoms with Gasteiger partial charge in [-0.25, -0.2) is 4.79 Å². The number of ether oxygens (including phenoxy) is 1. The SMILES string of the molecule is COc1ccc(Br)c(C=C(S)C(=O)O)c1. The van der Waals surface area contributed by atoms with Crippen molar-refractivity contribution in [1.82, 2.24) is 0 Å². The number of carboxylic acids is 1. The Morgan fingerprint density at radius 1 is 1.60 bits per heavy atom. The number of benzene rings is 1. The van der Waals surface area contributed by atoms with Crippen LogP contribution in [0, 0.1) is 0 Å². The Bertz CT molecular complexity index is 415. The zero-order valence-electron chi connectivity index (χ0n) is 7.90. The number of hydrogen-bond acceptors (Lipinski definition) is 3. The van der Waals surface area contributed by atoms with Gasteiger partial charge >= 0.3 is 5.97 Å². The molecule has 0 fully saturated rings. The van der Waals surface area contributed by atoms with E-state index < -0.39 is 5.97 Å². The molecule has 0 aliphatic rings. The van der Waals surface area contributed by atoms with Crippen LogP contribution in [0.25, 0.3) is 6.08 Å². The van der Waals surface area contributed by atoms with Gasteiger partial charge in [0.1, 0.15) is 5.75 Å². The molecule has 1 N–H and O–H groups in total. The number of rotatable bonds is 3. The maximum Gasteiger partial charge on any atom is 0.341 e. The summed E-state index contributed by atoms with van der Waals surface area (Å²) in [4.78, 5) is 10.6. The van der Waals surface area contributed by atoms with Crippen molar-refractivity contribution in [2.75, 3.05) is 7.11 Å². The Kier molecular flexibility index (Phi) is 4.23. The minimum Gasteiger partial charge on any atom is -0.497 e. The van der Waals surface area contributed by atoms with Crippen LogP contribution in [0.5, 0.6) is 5.75 Å². The second kappa shape index (κ2) is 5.23. The molecule has 3 nitrogen and oxygen atoms in total. The quantitative estimate of drug-likeness (QED) is 0.664. The molecule has 15 heavy (non-hydrogen) atoms. The van der Waals surface area contributed by atoms with Crippen LogP contribution < -0.4 is 4.74 Å². The highest BCUT2D eigenvalue weighted by atomic mass is 79.9. The van der Waals surface area contributed by atoms with Crippen LogP contribution in [0.1, 0.15) is 5.56 Å². The Morgan fingerprint density at radius 3 is 2.80 bits per heavy atom. The lowest BCUT2D eigenvalue weighted by molar-refractivity contribution is -0.131. The van der Waals surface area contributed by atoms with Crippen molar-refractivity contribution < 1.29 is 14.6 Å². The van der Waals surface area contributed by atoms with Crippen LogP contribution in [-0.4, -0.2) is 18.2 Å². The van der Waals surface area contributed by atoms with Crippen molar-refractivity contribution >= 4 is 40.6 Å². The minimum absolute atomic E-state index is 0.0241. The van der Waals surface area contributed by atoms with E-state index >= 15 is 0 Å². The first-order valence-electron chi connectivity index (χ1n) is 4.02. The molecule has 1 aromatic rings. The fourth-order valence-electron chi connectivity index (χ4n) is 0.968. The summed E-state index contributed by atoms with van der Waals surface area (Å²) in [6.45, 7) is 0. The second-order valence-corrected chi connectivity index (χ2v) is 4.06. The summed E-state index contributed by atoms with van der Waals surface area (Å²) < 4.78 is 5.82. The molecule has 5 heteroatoms. The van der Waals surface area contributed by atoms with E-state index in [-0.39, 0.29) is 4.91 Å². The highest BCUT2D eigenvalue weighted by Crippen LogP contribution is 2.25. The van der Waals surface area contributed by atoms with Gasteiger partial charge < -0.3 is 9.84 Å². The number of halogens is 1. The topological polar surface area (TPSA) is 46.5 Å². The fourth-order valence-corrected chi connectivity index (χ4v) is 1.47. The predicted octanol–water partition coefficient (Wildman–Crippen LogP) is 2.81. The van der Waals surface area contributed by atoms with Gasteiger partial charge in [0, 0.05) is 4.47 Å². The van der Waals surface area contributed by atoms with Gasteiger partial charge in [-0.1, -0.05) is 15.9 Å². The van der Waals surface area contributed by atoms with Gasteiger partial charge in [-0.3, -0.25) is 0 Å². The zero-order chi connectivity index (χ0) is 11.4. The fraction of sp³-hybridized carbons (Fsp3) is 0.100. The molecular weight excluding hydrogens is 280 g/mol. The van der Waals surface area contributed by atoms with Crippen molar-refractivity contribution in [2.24, 2.45) is 0 Å². The van der Waals surface area contributed by atoms with E-state index in [0.29, 0.717) is 11.3 Å². The lowest BCUT2D eigenvalue weighted by Crippen LogP contribution is -1.93. The van der Waals surface area contributed by atoms with E-state index in [1.54, 1.807) is 25.3 Å². The molecule has 0 saturated carbocycles. The summed E-state index contributed by atoms with van der Waals surface area (Å²) >= 11 is 7.16. The summed E-state index contributed by atoms with van der Waals surface area (Å²) in [7, 11) is 1.55.